The van der Waals surface area contributed by atoms with Crippen molar-refractivity contribution in [2.45, 2.75) is 18.9 Å². The van der Waals surface area contributed by atoms with Crippen LogP contribution in [-0.4, -0.2) is 19.6 Å². The quantitative estimate of drug-likeness (QED) is 0.570. The van der Waals surface area contributed by atoms with Crippen LogP contribution in [-0.2, 0) is 4.79 Å². The van der Waals surface area contributed by atoms with Crippen LogP contribution >= 0.6 is 0 Å². The summed E-state index contributed by atoms with van der Waals surface area (Å²) in [4.78, 5) is 12.7. The molecule has 1 fully saturated rings. The lowest BCUT2D eigenvalue weighted by Crippen LogP contribution is -2.32. The van der Waals surface area contributed by atoms with Crippen molar-refractivity contribution < 1.29 is 9.53 Å². The molecule has 4 heteroatoms. The Labute approximate surface area is 171 Å². The van der Waals surface area contributed by atoms with Gasteiger partial charge in [0.2, 0.25) is 5.91 Å². The maximum Gasteiger partial charge on any atom is 0.238 e. The van der Waals surface area contributed by atoms with Crippen LogP contribution in [0.1, 0.15) is 24.4 Å². The summed E-state index contributed by atoms with van der Waals surface area (Å²) in [6.45, 7) is 0.274. The van der Waals surface area contributed by atoms with E-state index in [9.17, 15) is 4.79 Å². The van der Waals surface area contributed by atoms with Crippen LogP contribution in [0.3, 0.4) is 0 Å². The summed E-state index contributed by atoms with van der Waals surface area (Å²) in [5.41, 5.74) is 4.14. The molecule has 0 spiro atoms. The molecule has 148 valence electrons. The Morgan fingerprint density at radius 1 is 0.966 bits per heavy atom. The summed E-state index contributed by atoms with van der Waals surface area (Å²) in [5.74, 6) is 1.40. The zero-order chi connectivity index (χ0) is 20.1. The van der Waals surface area contributed by atoms with E-state index in [-0.39, 0.29) is 18.5 Å². The summed E-state index contributed by atoms with van der Waals surface area (Å²) in [6, 6.07) is 26.3. The minimum Gasteiger partial charge on any atom is -0.497 e. The van der Waals surface area contributed by atoms with Crippen molar-refractivity contribution >= 4 is 11.6 Å². The Morgan fingerprint density at radius 3 is 2.34 bits per heavy atom. The minimum absolute atomic E-state index is 0.0347. The highest BCUT2D eigenvalue weighted by atomic mass is 16.5. The van der Waals surface area contributed by atoms with E-state index in [1.807, 2.05) is 54.6 Å². The van der Waals surface area contributed by atoms with E-state index in [0.717, 1.165) is 22.6 Å². The second-order valence-electron chi connectivity index (χ2n) is 7.43. The van der Waals surface area contributed by atoms with Crippen molar-refractivity contribution in [3.05, 3.63) is 84.4 Å². The third-order valence-corrected chi connectivity index (χ3v) is 5.34. The van der Waals surface area contributed by atoms with Gasteiger partial charge in [-0.1, -0.05) is 60.7 Å². The lowest BCUT2D eigenvalue weighted by atomic mass is 10.0. The van der Waals surface area contributed by atoms with Gasteiger partial charge in [0.1, 0.15) is 5.75 Å². The molecule has 0 aliphatic heterocycles. The number of nitrogens with one attached hydrogen (secondary N) is 2. The fourth-order valence-corrected chi connectivity index (χ4v) is 3.66. The molecule has 1 unspecified atom stereocenters. The monoisotopic (exact) mass is 386 g/mol. The Bertz CT molecular complexity index is 950. The smallest absolute Gasteiger partial charge is 0.238 e. The molecule has 29 heavy (non-hydrogen) atoms. The van der Waals surface area contributed by atoms with E-state index in [2.05, 4.69) is 34.9 Å². The molecule has 0 bridgehead atoms. The minimum atomic E-state index is -0.0347. The van der Waals surface area contributed by atoms with E-state index in [1.165, 1.54) is 18.4 Å². The fraction of sp³-hybridized carbons (Fsp3) is 0.240. The molecule has 3 aromatic carbocycles. The van der Waals surface area contributed by atoms with Gasteiger partial charge < -0.3 is 15.4 Å². The predicted molar refractivity (Wildman–Crippen MR) is 117 cm³/mol. The number of para-hydroxylation sites is 1. The molecule has 2 N–H and O–H groups in total. The Kier molecular flexibility index (Phi) is 5.92. The third kappa shape index (κ3) is 4.84. The number of benzene rings is 3. The van der Waals surface area contributed by atoms with Gasteiger partial charge in [-0.2, -0.15) is 0 Å². The second kappa shape index (κ2) is 8.93. The molecular formula is C25H26N2O2. The van der Waals surface area contributed by atoms with Crippen molar-refractivity contribution in [1.82, 2.24) is 5.32 Å². The van der Waals surface area contributed by atoms with Crippen LogP contribution in [0.2, 0.25) is 0 Å². The van der Waals surface area contributed by atoms with Crippen LogP contribution in [0, 0.1) is 5.92 Å². The van der Waals surface area contributed by atoms with E-state index in [4.69, 9.17) is 4.74 Å². The van der Waals surface area contributed by atoms with Crippen molar-refractivity contribution in [3.63, 3.8) is 0 Å². The summed E-state index contributed by atoms with van der Waals surface area (Å²) < 4.78 is 5.25. The first-order valence-electron chi connectivity index (χ1n) is 10.1. The van der Waals surface area contributed by atoms with Crippen LogP contribution in [0.5, 0.6) is 5.75 Å². The van der Waals surface area contributed by atoms with Crippen LogP contribution < -0.4 is 15.4 Å². The van der Waals surface area contributed by atoms with Crippen molar-refractivity contribution in [1.29, 1.82) is 0 Å². The van der Waals surface area contributed by atoms with Crippen LogP contribution in [0.15, 0.2) is 78.9 Å². The predicted octanol–water partition coefficient (Wildman–Crippen LogP) is 5.04. The molecular weight excluding hydrogens is 360 g/mol. The highest BCUT2D eigenvalue weighted by Crippen LogP contribution is 2.41. The van der Waals surface area contributed by atoms with Crippen LogP contribution in [0.4, 0.5) is 5.69 Å². The molecule has 1 saturated carbocycles. The van der Waals surface area contributed by atoms with E-state index in [1.54, 1.807) is 7.11 Å². The summed E-state index contributed by atoms with van der Waals surface area (Å²) in [6.07, 6.45) is 2.39. The SMILES string of the molecule is COc1ccc(C(NCC(=O)Nc2ccccc2-c2ccccc2)C2CC2)cc1. The molecule has 3 aromatic rings. The molecule has 1 aliphatic rings. The van der Waals surface area contributed by atoms with Crippen molar-refractivity contribution in [2.24, 2.45) is 5.92 Å². The first-order valence-corrected chi connectivity index (χ1v) is 10.1. The zero-order valence-corrected chi connectivity index (χ0v) is 16.6. The molecule has 1 atom stereocenters. The molecule has 0 heterocycles. The maximum absolute atomic E-state index is 12.7. The third-order valence-electron chi connectivity index (χ3n) is 5.34. The maximum atomic E-state index is 12.7. The van der Waals surface area contributed by atoms with E-state index < -0.39 is 0 Å². The van der Waals surface area contributed by atoms with Gasteiger partial charge in [-0.05, 0) is 48.1 Å². The highest BCUT2D eigenvalue weighted by Gasteiger charge is 2.32. The van der Waals surface area contributed by atoms with Crippen molar-refractivity contribution in [3.8, 4) is 16.9 Å². The second-order valence-corrected chi connectivity index (χ2v) is 7.43. The van der Waals surface area contributed by atoms with Crippen LogP contribution in [0.25, 0.3) is 11.1 Å². The number of carbonyl (C=O) groups is 1. The largest absolute Gasteiger partial charge is 0.497 e. The average Bonchev–Trinajstić information content (AvgIpc) is 3.61. The van der Waals surface area contributed by atoms with Gasteiger partial charge >= 0.3 is 0 Å². The van der Waals surface area contributed by atoms with Gasteiger partial charge in [0.25, 0.3) is 0 Å². The number of amides is 1. The molecule has 1 aliphatic carbocycles. The zero-order valence-electron chi connectivity index (χ0n) is 16.6. The normalized spacial score (nSPS) is 14.2. The number of methoxy groups -OCH3 is 1. The topological polar surface area (TPSA) is 50.4 Å². The lowest BCUT2D eigenvalue weighted by molar-refractivity contribution is -0.115. The number of carbonyl (C=O) groups excluding carboxylic acids is 1. The first kappa shape index (κ1) is 19.2. The molecule has 1 amide bonds. The number of hydrogen-bond donors (Lipinski definition) is 2. The van der Waals surface area contributed by atoms with Gasteiger partial charge in [0.15, 0.2) is 0 Å². The molecule has 0 aromatic heterocycles. The number of hydrogen-bond acceptors (Lipinski definition) is 3. The Hall–Kier alpha value is -3.11. The van der Waals surface area contributed by atoms with Gasteiger partial charge in [-0.3, -0.25) is 4.79 Å². The standard InChI is InChI=1S/C25H26N2O2/c1-29-21-15-13-20(14-16-21)25(19-11-12-19)26-17-24(28)27-23-10-6-5-9-22(23)18-7-3-2-4-8-18/h2-10,13-16,19,25-26H,11-12,17H2,1H3,(H,27,28). The van der Waals surface area contributed by atoms with E-state index >= 15 is 0 Å². The number of ether oxygens (including phenoxy) is 1. The summed E-state index contributed by atoms with van der Waals surface area (Å²) >= 11 is 0. The number of anilines is 1. The van der Waals surface area contributed by atoms with Crippen molar-refractivity contribution in [2.75, 3.05) is 19.0 Å². The lowest BCUT2D eigenvalue weighted by Gasteiger charge is -2.19. The molecule has 0 saturated heterocycles. The van der Waals surface area contributed by atoms with Gasteiger partial charge in [-0.25, -0.2) is 0 Å². The molecule has 4 nitrogen and oxygen atoms in total. The first-order chi connectivity index (χ1) is 14.2. The highest BCUT2D eigenvalue weighted by molar-refractivity contribution is 5.96. The molecule has 4 rings (SSSR count). The fourth-order valence-electron chi connectivity index (χ4n) is 3.66. The van der Waals surface area contributed by atoms with E-state index in [0.29, 0.717) is 5.92 Å². The average molecular weight is 386 g/mol. The number of rotatable bonds is 8. The Balaban J connectivity index is 1.42. The summed E-state index contributed by atoms with van der Waals surface area (Å²) in [7, 11) is 1.67. The molecule has 0 radical (unpaired) electrons. The Morgan fingerprint density at radius 2 is 1.66 bits per heavy atom. The van der Waals surface area contributed by atoms with Gasteiger partial charge in [-0.15, -0.1) is 0 Å². The van der Waals surface area contributed by atoms with Gasteiger partial charge in [0.05, 0.1) is 13.7 Å². The van der Waals surface area contributed by atoms with Gasteiger partial charge in [0, 0.05) is 17.3 Å². The summed E-state index contributed by atoms with van der Waals surface area (Å²) in [5, 5.41) is 6.53.